The van der Waals surface area contributed by atoms with Crippen LogP contribution in [-0.2, 0) is 6.42 Å². The van der Waals surface area contributed by atoms with Crippen LogP contribution in [-0.4, -0.2) is 10.5 Å². The third kappa shape index (κ3) is 1.91. The number of benzene rings is 1. The van der Waals surface area contributed by atoms with Crippen molar-refractivity contribution in [1.82, 2.24) is 4.57 Å². The maximum absolute atomic E-state index is 11.6. The molecule has 0 saturated carbocycles. The second-order valence-electron chi connectivity index (χ2n) is 3.15. The Hall–Kier alpha value is -1.83. The van der Waals surface area contributed by atoms with Gasteiger partial charge in [0, 0.05) is 12.4 Å². The van der Waals surface area contributed by atoms with Gasteiger partial charge in [-0.15, -0.1) is 0 Å². The average Bonchev–Trinajstić information content (AvgIpc) is 2.72. The minimum Gasteiger partial charge on any atom is -0.294 e. The van der Waals surface area contributed by atoms with E-state index in [1.54, 1.807) is 17.0 Å². The summed E-state index contributed by atoms with van der Waals surface area (Å²) in [7, 11) is 0. The molecule has 0 atom stereocenters. The highest BCUT2D eigenvalue weighted by Gasteiger charge is 2.03. The summed E-state index contributed by atoms with van der Waals surface area (Å²) in [6.45, 7) is 0. The minimum atomic E-state index is 0.0983. The van der Waals surface area contributed by atoms with E-state index in [1.807, 2.05) is 42.5 Å². The summed E-state index contributed by atoms with van der Waals surface area (Å²) in [5, 5.41) is 0. The largest absolute Gasteiger partial charge is 0.294 e. The van der Waals surface area contributed by atoms with Crippen molar-refractivity contribution in [3.63, 3.8) is 0 Å². The fourth-order valence-corrected chi connectivity index (χ4v) is 1.36. The molecule has 0 N–H and O–H groups in total. The van der Waals surface area contributed by atoms with Gasteiger partial charge in [-0.05, 0) is 17.7 Å². The maximum atomic E-state index is 11.6. The molecule has 0 aliphatic rings. The van der Waals surface area contributed by atoms with E-state index < -0.39 is 0 Å². The van der Waals surface area contributed by atoms with Gasteiger partial charge in [0.1, 0.15) is 0 Å². The Labute approximate surface area is 82.8 Å². The van der Waals surface area contributed by atoms with Crippen LogP contribution in [0, 0.1) is 0 Å². The first kappa shape index (κ1) is 8.75. The van der Waals surface area contributed by atoms with Gasteiger partial charge in [-0.1, -0.05) is 30.3 Å². The van der Waals surface area contributed by atoms with Gasteiger partial charge in [0.05, 0.1) is 6.42 Å². The van der Waals surface area contributed by atoms with E-state index in [2.05, 4.69) is 0 Å². The molecule has 0 aliphatic heterocycles. The zero-order chi connectivity index (χ0) is 9.80. The lowest BCUT2D eigenvalue weighted by Gasteiger charge is -2.01. The molecule has 2 nitrogen and oxygen atoms in total. The van der Waals surface area contributed by atoms with Crippen molar-refractivity contribution in [3.05, 3.63) is 60.4 Å². The molecule has 1 heterocycles. The molecule has 0 aliphatic carbocycles. The van der Waals surface area contributed by atoms with Crippen LogP contribution in [0.2, 0.25) is 0 Å². The first-order valence-electron chi connectivity index (χ1n) is 4.56. The van der Waals surface area contributed by atoms with E-state index in [1.165, 1.54) is 0 Å². The topological polar surface area (TPSA) is 22.0 Å². The van der Waals surface area contributed by atoms with E-state index in [0.717, 1.165) is 5.56 Å². The quantitative estimate of drug-likeness (QED) is 0.704. The molecule has 0 radical (unpaired) electrons. The molecule has 2 heteroatoms. The Bertz CT molecular complexity index is 403. The first-order valence-corrected chi connectivity index (χ1v) is 4.56. The third-order valence-electron chi connectivity index (χ3n) is 2.09. The predicted molar refractivity (Wildman–Crippen MR) is 55.2 cm³/mol. The first-order chi connectivity index (χ1) is 6.86. The number of carbonyl (C=O) groups is 1. The number of aromatic nitrogens is 1. The van der Waals surface area contributed by atoms with Crippen LogP contribution in [0.5, 0.6) is 0 Å². The molecule has 0 amide bonds. The van der Waals surface area contributed by atoms with Crippen molar-refractivity contribution < 1.29 is 4.79 Å². The summed E-state index contributed by atoms with van der Waals surface area (Å²) in [5.74, 6) is 0.0983. The van der Waals surface area contributed by atoms with Crippen LogP contribution in [0.4, 0.5) is 0 Å². The van der Waals surface area contributed by atoms with E-state index in [4.69, 9.17) is 0 Å². The lowest BCUT2D eigenvalue weighted by molar-refractivity contribution is 0.0914. The number of nitrogens with zero attached hydrogens (tertiary/aromatic N) is 1. The fourth-order valence-electron chi connectivity index (χ4n) is 1.36. The van der Waals surface area contributed by atoms with Crippen LogP contribution in [0.1, 0.15) is 10.4 Å². The number of rotatable bonds is 2. The van der Waals surface area contributed by atoms with E-state index in [-0.39, 0.29) is 5.91 Å². The van der Waals surface area contributed by atoms with Crippen molar-refractivity contribution in [2.24, 2.45) is 0 Å². The highest BCUT2D eigenvalue weighted by atomic mass is 16.1. The Kier molecular flexibility index (Phi) is 2.45. The predicted octanol–water partition coefficient (Wildman–Crippen LogP) is 2.37. The molecule has 2 rings (SSSR count). The standard InChI is InChI=1S/C12H11NO/c14-12(13-8-4-5-9-13)10-11-6-2-1-3-7-11/h1-9H,10H2. The monoisotopic (exact) mass is 185 g/mol. The zero-order valence-corrected chi connectivity index (χ0v) is 7.76. The van der Waals surface area contributed by atoms with Crippen LogP contribution in [0.25, 0.3) is 0 Å². The molecule has 2 aromatic rings. The van der Waals surface area contributed by atoms with Crippen molar-refractivity contribution in [2.75, 3.05) is 0 Å². The second kappa shape index (κ2) is 3.92. The van der Waals surface area contributed by atoms with Gasteiger partial charge in [-0.25, -0.2) is 0 Å². The SMILES string of the molecule is O=C(Cc1ccccc1)n1cccc1. The van der Waals surface area contributed by atoms with Crippen molar-refractivity contribution in [2.45, 2.75) is 6.42 Å². The zero-order valence-electron chi connectivity index (χ0n) is 7.76. The Morgan fingerprint density at radius 2 is 1.64 bits per heavy atom. The van der Waals surface area contributed by atoms with Crippen molar-refractivity contribution >= 4 is 5.91 Å². The van der Waals surface area contributed by atoms with Crippen molar-refractivity contribution in [1.29, 1.82) is 0 Å². The summed E-state index contributed by atoms with van der Waals surface area (Å²) in [4.78, 5) is 11.6. The van der Waals surface area contributed by atoms with Gasteiger partial charge in [0.2, 0.25) is 5.91 Å². The van der Waals surface area contributed by atoms with Crippen LogP contribution in [0.3, 0.4) is 0 Å². The maximum Gasteiger partial charge on any atom is 0.234 e. The molecule has 0 saturated heterocycles. The second-order valence-corrected chi connectivity index (χ2v) is 3.15. The molecule has 0 spiro atoms. The normalized spacial score (nSPS) is 10.0. The van der Waals surface area contributed by atoms with Gasteiger partial charge in [0.15, 0.2) is 0 Å². The number of hydrogen-bond acceptors (Lipinski definition) is 1. The summed E-state index contributed by atoms with van der Waals surface area (Å²) < 4.78 is 1.60. The molecule has 0 unspecified atom stereocenters. The lowest BCUT2D eigenvalue weighted by Crippen LogP contribution is -2.10. The molecule has 0 bridgehead atoms. The highest BCUT2D eigenvalue weighted by molar-refractivity contribution is 5.81. The van der Waals surface area contributed by atoms with Crippen LogP contribution < -0.4 is 0 Å². The summed E-state index contributed by atoms with van der Waals surface area (Å²) in [6, 6.07) is 13.5. The van der Waals surface area contributed by atoms with Gasteiger partial charge in [-0.3, -0.25) is 9.36 Å². The Balaban J connectivity index is 2.10. The van der Waals surface area contributed by atoms with E-state index in [0.29, 0.717) is 6.42 Å². The van der Waals surface area contributed by atoms with E-state index >= 15 is 0 Å². The molecule has 1 aromatic carbocycles. The molecule has 1 aromatic heterocycles. The third-order valence-corrected chi connectivity index (χ3v) is 2.09. The lowest BCUT2D eigenvalue weighted by atomic mass is 10.1. The van der Waals surface area contributed by atoms with Gasteiger partial charge < -0.3 is 0 Å². The molecule has 70 valence electrons. The molecular formula is C12H11NO. The molecular weight excluding hydrogens is 174 g/mol. The number of carbonyl (C=O) groups excluding carboxylic acids is 1. The highest BCUT2D eigenvalue weighted by Crippen LogP contribution is 2.02. The number of hydrogen-bond donors (Lipinski definition) is 0. The molecule has 14 heavy (non-hydrogen) atoms. The summed E-state index contributed by atoms with van der Waals surface area (Å²) in [6.07, 6.45) is 3.99. The van der Waals surface area contributed by atoms with Crippen LogP contribution in [0.15, 0.2) is 54.9 Å². The van der Waals surface area contributed by atoms with E-state index in [9.17, 15) is 4.79 Å². The summed E-state index contributed by atoms with van der Waals surface area (Å²) in [5.41, 5.74) is 1.05. The van der Waals surface area contributed by atoms with Gasteiger partial charge >= 0.3 is 0 Å². The summed E-state index contributed by atoms with van der Waals surface area (Å²) >= 11 is 0. The van der Waals surface area contributed by atoms with Crippen molar-refractivity contribution in [3.8, 4) is 0 Å². The molecule has 0 fully saturated rings. The van der Waals surface area contributed by atoms with Crippen LogP contribution >= 0.6 is 0 Å². The Morgan fingerprint density at radius 1 is 1.00 bits per heavy atom. The fraction of sp³-hybridized carbons (Fsp3) is 0.0833. The average molecular weight is 185 g/mol. The Morgan fingerprint density at radius 3 is 2.29 bits per heavy atom. The van der Waals surface area contributed by atoms with Gasteiger partial charge in [0.25, 0.3) is 0 Å². The van der Waals surface area contributed by atoms with Gasteiger partial charge in [-0.2, -0.15) is 0 Å². The smallest absolute Gasteiger partial charge is 0.234 e. The minimum absolute atomic E-state index is 0.0983.